The second kappa shape index (κ2) is 5.08. The first-order valence-electron chi connectivity index (χ1n) is 4.83. The lowest BCUT2D eigenvalue weighted by Gasteiger charge is -2.16. The van der Waals surface area contributed by atoms with Gasteiger partial charge in [-0.15, -0.1) is 5.92 Å². The van der Waals surface area contributed by atoms with E-state index >= 15 is 0 Å². The molecule has 0 heterocycles. The monoisotopic (exact) mass is 206 g/mol. The highest BCUT2D eigenvalue weighted by atomic mass is 35.5. The number of hydrogen-bond donors (Lipinski definition) is 0. The molecule has 0 spiro atoms. The van der Waals surface area contributed by atoms with E-state index in [4.69, 9.17) is 11.6 Å². The highest BCUT2D eigenvalue weighted by molar-refractivity contribution is 6.31. The first-order chi connectivity index (χ1) is 6.66. The fraction of sp³-hybridized carbons (Fsp3) is 0.385. The van der Waals surface area contributed by atoms with Crippen LogP contribution in [0.1, 0.15) is 32.3 Å². The molecule has 1 heteroatoms. The lowest BCUT2D eigenvalue weighted by molar-refractivity contribution is 0.610. The molecule has 1 aromatic rings. The van der Waals surface area contributed by atoms with Gasteiger partial charge < -0.3 is 0 Å². The summed E-state index contributed by atoms with van der Waals surface area (Å²) in [5.74, 6) is 6.84. The molecule has 0 aliphatic carbocycles. The molecule has 14 heavy (non-hydrogen) atoms. The SMILES string of the molecule is CC#CC(C)C(C)c1ccccc1Cl. The third kappa shape index (κ3) is 2.53. The van der Waals surface area contributed by atoms with Crippen molar-refractivity contribution in [3.8, 4) is 11.8 Å². The maximum atomic E-state index is 6.12. The van der Waals surface area contributed by atoms with Gasteiger partial charge in [0.25, 0.3) is 0 Å². The normalized spacial score (nSPS) is 14.0. The second-order valence-corrected chi connectivity index (χ2v) is 3.90. The van der Waals surface area contributed by atoms with E-state index in [1.165, 1.54) is 5.56 Å². The summed E-state index contributed by atoms with van der Waals surface area (Å²) in [5.41, 5.74) is 1.18. The Morgan fingerprint density at radius 2 is 1.86 bits per heavy atom. The summed E-state index contributed by atoms with van der Waals surface area (Å²) >= 11 is 6.12. The molecular formula is C13H15Cl. The predicted molar refractivity (Wildman–Crippen MR) is 62.5 cm³/mol. The van der Waals surface area contributed by atoms with Gasteiger partial charge in [0.2, 0.25) is 0 Å². The van der Waals surface area contributed by atoms with E-state index in [2.05, 4.69) is 31.8 Å². The molecule has 0 aliphatic rings. The molecule has 0 bridgehead atoms. The quantitative estimate of drug-likeness (QED) is 0.639. The molecule has 74 valence electrons. The van der Waals surface area contributed by atoms with Crippen molar-refractivity contribution in [2.24, 2.45) is 5.92 Å². The minimum absolute atomic E-state index is 0.347. The van der Waals surface area contributed by atoms with Crippen LogP contribution in [-0.4, -0.2) is 0 Å². The minimum Gasteiger partial charge on any atom is -0.106 e. The summed E-state index contributed by atoms with van der Waals surface area (Å²) in [4.78, 5) is 0. The zero-order valence-electron chi connectivity index (χ0n) is 8.84. The third-order valence-corrected chi connectivity index (χ3v) is 2.86. The topological polar surface area (TPSA) is 0 Å². The van der Waals surface area contributed by atoms with Crippen LogP contribution in [0.15, 0.2) is 24.3 Å². The average molecular weight is 207 g/mol. The highest BCUT2D eigenvalue weighted by Crippen LogP contribution is 2.29. The highest BCUT2D eigenvalue weighted by Gasteiger charge is 2.14. The Balaban J connectivity index is 2.92. The average Bonchev–Trinajstić information content (AvgIpc) is 2.18. The summed E-state index contributed by atoms with van der Waals surface area (Å²) in [6.45, 7) is 6.16. The zero-order chi connectivity index (χ0) is 10.6. The Labute approximate surface area is 91.3 Å². The van der Waals surface area contributed by atoms with Gasteiger partial charge in [-0.3, -0.25) is 0 Å². The third-order valence-electron chi connectivity index (χ3n) is 2.52. The fourth-order valence-corrected chi connectivity index (χ4v) is 1.77. The van der Waals surface area contributed by atoms with Gasteiger partial charge in [0.15, 0.2) is 0 Å². The second-order valence-electron chi connectivity index (χ2n) is 3.49. The van der Waals surface area contributed by atoms with E-state index in [0.717, 1.165) is 5.02 Å². The van der Waals surface area contributed by atoms with Crippen molar-refractivity contribution in [1.82, 2.24) is 0 Å². The van der Waals surface area contributed by atoms with E-state index in [0.29, 0.717) is 11.8 Å². The number of benzene rings is 1. The van der Waals surface area contributed by atoms with Crippen LogP contribution in [0, 0.1) is 17.8 Å². The fourth-order valence-electron chi connectivity index (χ4n) is 1.47. The molecule has 2 atom stereocenters. The van der Waals surface area contributed by atoms with Crippen LogP contribution in [0.4, 0.5) is 0 Å². The van der Waals surface area contributed by atoms with Gasteiger partial charge in [-0.05, 0) is 24.5 Å². The Kier molecular flexibility index (Phi) is 4.04. The largest absolute Gasteiger partial charge is 0.106 e. The maximum absolute atomic E-state index is 6.12. The lowest BCUT2D eigenvalue weighted by Crippen LogP contribution is -2.04. The van der Waals surface area contributed by atoms with Crippen LogP contribution >= 0.6 is 11.6 Å². The van der Waals surface area contributed by atoms with E-state index in [-0.39, 0.29) is 0 Å². The van der Waals surface area contributed by atoms with Gasteiger partial charge in [-0.2, -0.15) is 0 Å². The van der Waals surface area contributed by atoms with Gasteiger partial charge in [-0.1, -0.05) is 49.6 Å². The number of hydrogen-bond acceptors (Lipinski definition) is 0. The first-order valence-corrected chi connectivity index (χ1v) is 5.21. The smallest absolute Gasteiger partial charge is 0.0441 e. The van der Waals surface area contributed by atoms with Crippen LogP contribution < -0.4 is 0 Å². The molecule has 0 amide bonds. The van der Waals surface area contributed by atoms with Crippen LogP contribution in [0.5, 0.6) is 0 Å². The Morgan fingerprint density at radius 1 is 1.21 bits per heavy atom. The minimum atomic E-state index is 0.347. The molecular weight excluding hydrogens is 192 g/mol. The predicted octanol–water partition coefficient (Wildman–Crippen LogP) is 4.10. The number of halogens is 1. The zero-order valence-corrected chi connectivity index (χ0v) is 9.60. The summed E-state index contributed by atoms with van der Waals surface area (Å²) in [6, 6.07) is 7.97. The summed E-state index contributed by atoms with van der Waals surface area (Å²) < 4.78 is 0. The maximum Gasteiger partial charge on any atom is 0.0441 e. The molecule has 0 N–H and O–H groups in total. The Hall–Kier alpha value is -0.930. The van der Waals surface area contributed by atoms with Crippen molar-refractivity contribution < 1.29 is 0 Å². The molecule has 2 unspecified atom stereocenters. The van der Waals surface area contributed by atoms with Gasteiger partial charge in [0.1, 0.15) is 0 Å². The van der Waals surface area contributed by atoms with Crippen molar-refractivity contribution in [3.63, 3.8) is 0 Å². The summed E-state index contributed by atoms with van der Waals surface area (Å²) in [7, 11) is 0. The van der Waals surface area contributed by atoms with Crippen LogP contribution in [-0.2, 0) is 0 Å². The van der Waals surface area contributed by atoms with Crippen molar-refractivity contribution in [3.05, 3.63) is 34.9 Å². The molecule has 0 saturated heterocycles. The first kappa shape index (κ1) is 11.1. The standard InChI is InChI=1S/C13H15Cl/c1-4-7-10(2)11(3)12-8-5-6-9-13(12)14/h5-6,8-11H,1-3H3. The van der Waals surface area contributed by atoms with Gasteiger partial charge >= 0.3 is 0 Å². The van der Waals surface area contributed by atoms with Gasteiger partial charge in [0.05, 0.1) is 0 Å². The van der Waals surface area contributed by atoms with Crippen LogP contribution in [0.25, 0.3) is 0 Å². The van der Waals surface area contributed by atoms with Crippen LogP contribution in [0.2, 0.25) is 5.02 Å². The molecule has 0 fully saturated rings. The van der Waals surface area contributed by atoms with E-state index in [1.54, 1.807) is 0 Å². The van der Waals surface area contributed by atoms with E-state index in [1.807, 2.05) is 25.1 Å². The van der Waals surface area contributed by atoms with Gasteiger partial charge in [0, 0.05) is 10.9 Å². The molecule has 1 rings (SSSR count). The van der Waals surface area contributed by atoms with Crippen molar-refractivity contribution >= 4 is 11.6 Å². The van der Waals surface area contributed by atoms with Gasteiger partial charge in [-0.25, -0.2) is 0 Å². The molecule has 0 nitrogen and oxygen atoms in total. The van der Waals surface area contributed by atoms with Crippen molar-refractivity contribution in [2.45, 2.75) is 26.7 Å². The van der Waals surface area contributed by atoms with E-state index < -0.39 is 0 Å². The number of rotatable bonds is 2. The Morgan fingerprint density at radius 3 is 2.43 bits per heavy atom. The lowest BCUT2D eigenvalue weighted by atomic mass is 9.89. The van der Waals surface area contributed by atoms with E-state index in [9.17, 15) is 0 Å². The Bertz CT molecular complexity index is 357. The molecule has 0 radical (unpaired) electrons. The molecule has 1 aromatic carbocycles. The molecule has 0 saturated carbocycles. The van der Waals surface area contributed by atoms with Crippen molar-refractivity contribution in [2.75, 3.05) is 0 Å². The molecule has 0 aromatic heterocycles. The summed E-state index contributed by atoms with van der Waals surface area (Å²) in [6.07, 6.45) is 0. The van der Waals surface area contributed by atoms with Crippen LogP contribution in [0.3, 0.4) is 0 Å². The van der Waals surface area contributed by atoms with Crippen molar-refractivity contribution in [1.29, 1.82) is 0 Å². The summed E-state index contributed by atoms with van der Waals surface area (Å²) in [5, 5.41) is 0.838. The molecule has 0 aliphatic heterocycles.